The fourth-order valence-corrected chi connectivity index (χ4v) is 2.75. The Labute approximate surface area is 122 Å². The van der Waals surface area contributed by atoms with Crippen LogP contribution in [0.3, 0.4) is 0 Å². The van der Waals surface area contributed by atoms with Crippen molar-refractivity contribution in [2.75, 3.05) is 6.61 Å². The van der Waals surface area contributed by atoms with Gasteiger partial charge >= 0.3 is 0 Å². The summed E-state index contributed by atoms with van der Waals surface area (Å²) >= 11 is 0. The van der Waals surface area contributed by atoms with E-state index < -0.39 is 0 Å². The molecule has 116 valence electrons. The molecule has 1 heteroatoms. The maximum atomic E-state index is 9.40. The Morgan fingerprint density at radius 1 is 0.579 bits per heavy atom. The smallest absolute Gasteiger partial charge is 0.0459 e. The molecule has 0 aromatic carbocycles. The normalized spacial score (nSPS) is 12.8. The number of hydrogen-bond acceptors (Lipinski definition) is 1. The lowest BCUT2D eigenvalue weighted by atomic mass is 9.95. The first-order valence-corrected chi connectivity index (χ1v) is 8.96. The minimum Gasteiger partial charge on any atom is -0.396 e. The molecule has 1 unspecified atom stereocenters. The van der Waals surface area contributed by atoms with E-state index in [1.165, 1.54) is 89.9 Å². The standard InChI is InChI=1S/C18H38O/c1-3-5-7-9-10-12-14-16-18(17-19)15-13-11-8-6-4-2/h18-19H,3-17H2,1-2H3. The van der Waals surface area contributed by atoms with Gasteiger partial charge in [-0.25, -0.2) is 0 Å². The van der Waals surface area contributed by atoms with E-state index in [0.717, 1.165) is 0 Å². The largest absolute Gasteiger partial charge is 0.396 e. The molecule has 0 aromatic heterocycles. The van der Waals surface area contributed by atoms with E-state index in [9.17, 15) is 5.11 Å². The summed E-state index contributed by atoms with van der Waals surface area (Å²) < 4.78 is 0. The van der Waals surface area contributed by atoms with Crippen molar-refractivity contribution >= 4 is 0 Å². The van der Waals surface area contributed by atoms with E-state index in [-0.39, 0.29) is 0 Å². The van der Waals surface area contributed by atoms with Crippen molar-refractivity contribution in [2.24, 2.45) is 5.92 Å². The van der Waals surface area contributed by atoms with Crippen LogP contribution in [0.2, 0.25) is 0 Å². The van der Waals surface area contributed by atoms with Crippen LogP contribution in [0.4, 0.5) is 0 Å². The Bertz CT molecular complexity index is 156. The van der Waals surface area contributed by atoms with Gasteiger partial charge in [0, 0.05) is 6.61 Å². The van der Waals surface area contributed by atoms with Crippen LogP contribution in [0.15, 0.2) is 0 Å². The minimum absolute atomic E-state index is 0.406. The van der Waals surface area contributed by atoms with Crippen LogP contribution in [0.25, 0.3) is 0 Å². The van der Waals surface area contributed by atoms with E-state index >= 15 is 0 Å². The Morgan fingerprint density at radius 2 is 0.947 bits per heavy atom. The summed E-state index contributed by atoms with van der Waals surface area (Å²) in [5, 5.41) is 9.40. The summed E-state index contributed by atoms with van der Waals surface area (Å²) in [6, 6.07) is 0. The van der Waals surface area contributed by atoms with Crippen LogP contribution in [-0.2, 0) is 0 Å². The summed E-state index contributed by atoms with van der Waals surface area (Å²) in [5.41, 5.74) is 0. The van der Waals surface area contributed by atoms with Gasteiger partial charge < -0.3 is 5.11 Å². The molecule has 0 aliphatic rings. The lowest BCUT2D eigenvalue weighted by Crippen LogP contribution is -2.06. The van der Waals surface area contributed by atoms with Crippen LogP contribution in [0, 0.1) is 5.92 Å². The van der Waals surface area contributed by atoms with Gasteiger partial charge in [0.2, 0.25) is 0 Å². The molecule has 0 aromatic rings. The first-order valence-electron chi connectivity index (χ1n) is 8.96. The highest BCUT2D eigenvalue weighted by Crippen LogP contribution is 2.18. The zero-order chi connectivity index (χ0) is 14.2. The average molecular weight is 271 g/mol. The molecule has 0 fully saturated rings. The molecule has 0 spiro atoms. The van der Waals surface area contributed by atoms with Crippen molar-refractivity contribution in [3.8, 4) is 0 Å². The number of hydrogen-bond donors (Lipinski definition) is 1. The van der Waals surface area contributed by atoms with Crippen LogP contribution >= 0.6 is 0 Å². The third-order valence-corrected chi connectivity index (χ3v) is 4.19. The third-order valence-electron chi connectivity index (χ3n) is 4.19. The molecule has 0 saturated carbocycles. The average Bonchev–Trinajstić information content (AvgIpc) is 2.44. The number of rotatable bonds is 15. The van der Waals surface area contributed by atoms with Crippen molar-refractivity contribution < 1.29 is 5.11 Å². The number of aliphatic hydroxyl groups is 1. The lowest BCUT2D eigenvalue weighted by molar-refractivity contribution is 0.204. The van der Waals surface area contributed by atoms with Gasteiger partial charge in [-0.3, -0.25) is 0 Å². The van der Waals surface area contributed by atoms with Crippen molar-refractivity contribution in [3.05, 3.63) is 0 Å². The fourth-order valence-electron chi connectivity index (χ4n) is 2.75. The molecule has 0 amide bonds. The Hall–Kier alpha value is -0.0400. The maximum Gasteiger partial charge on any atom is 0.0459 e. The fraction of sp³-hybridized carbons (Fsp3) is 1.00. The van der Waals surface area contributed by atoms with Crippen LogP contribution < -0.4 is 0 Å². The lowest BCUT2D eigenvalue weighted by Gasteiger charge is -2.13. The van der Waals surface area contributed by atoms with Gasteiger partial charge in [-0.05, 0) is 18.8 Å². The van der Waals surface area contributed by atoms with E-state index in [4.69, 9.17) is 0 Å². The highest BCUT2D eigenvalue weighted by Gasteiger charge is 2.06. The Balaban J connectivity index is 3.29. The molecule has 1 N–H and O–H groups in total. The maximum absolute atomic E-state index is 9.40. The molecule has 0 saturated heterocycles. The molecule has 0 aliphatic carbocycles. The molecule has 0 heterocycles. The van der Waals surface area contributed by atoms with Gasteiger partial charge in [0.1, 0.15) is 0 Å². The third kappa shape index (κ3) is 14.2. The molecule has 19 heavy (non-hydrogen) atoms. The summed E-state index contributed by atoms with van der Waals surface area (Å²) in [6.07, 6.45) is 18.9. The topological polar surface area (TPSA) is 20.2 Å². The molecule has 0 bridgehead atoms. The summed E-state index contributed by atoms with van der Waals surface area (Å²) in [6.45, 7) is 4.94. The van der Waals surface area contributed by atoms with E-state index in [1.54, 1.807) is 0 Å². The van der Waals surface area contributed by atoms with E-state index in [2.05, 4.69) is 13.8 Å². The SMILES string of the molecule is CCCCCCCCCC(CO)CCCCCCC. The Morgan fingerprint density at radius 3 is 1.32 bits per heavy atom. The van der Waals surface area contributed by atoms with Gasteiger partial charge in [0.15, 0.2) is 0 Å². The van der Waals surface area contributed by atoms with Crippen molar-refractivity contribution in [1.82, 2.24) is 0 Å². The first kappa shape index (κ1) is 19.0. The summed E-state index contributed by atoms with van der Waals surface area (Å²) in [4.78, 5) is 0. The van der Waals surface area contributed by atoms with Gasteiger partial charge in [-0.1, -0.05) is 90.9 Å². The second-order valence-electron chi connectivity index (χ2n) is 6.16. The highest BCUT2D eigenvalue weighted by molar-refractivity contribution is 4.59. The van der Waals surface area contributed by atoms with Crippen LogP contribution in [0.1, 0.15) is 104 Å². The van der Waals surface area contributed by atoms with Gasteiger partial charge in [0.05, 0.1) is 0 Å². The van der Waals surface area contributed by atoms with Crippen molar-refractivity contribution in [1.29, 1.82) is 0 Å². The highest BCUT2D eigenvalue weighted by atomic mass is 16.3. The minimum atomic E-state index is 0.406. The predicted octanol–water partition coefficient (Wildman–Crippen LogP) is 6.10. The second kappa shape index (κ2) is 16.0. The van der Waals surface area contributed by atoms with Gasteiger partial charge in [-0.2, -0.15) is 0 Å². The Kier molecular flexibility index (Phi) is 16.0. The second-order valence-corrected chi connectivity index (χ2v) is 6.16. The predicted molar refractivity (Wildman–Crippen MR) is 86.6 cm³/mol. The molecular formula is C18H38O. The van der Waals surface area contributed by atoms with Crippen molar-refractivity contribution in [3.63, 3.8) is 0 Å². The van der Waals surface area contributed by atoms with Gasteiger partial charge in [-0.15, -0.1) is 0 Å². The molecular weight excluding hydrogens is 232 g/mol. The quantitative estimate of drug-likeness (QED) is 0.357. The zero-order valence-corrected chi connectivity index (χ0v) is 13.6. The van der Waals surface area contributed by atoms with Gasteiger partial charge in [0.25, 0.3) is 0 Å². The van der Waals surface area contributed by atoms with Crippen molar-refractivity contribution in [2.45, 2.75) is 104 Å². The van der Waals surface area contributed by atoms with E-state index in [0.29, 0.717) is 12.5 Å². The van der Waals surface area contributed by atoms with Crippen LogP contribution in [0.5, 0.6) is 0 Å². The monoisotopic (exact) mass is 270 g/mol. The van der Waals surface area contributed by atoms with Crippen LogP contribution in [-0.4, -0.2) is 11.7 Å². The summed E-state index contributed by atoms with van der Waals surface area (Å²) in [7, 11) is 0. The number of unbranched alkanes of at least 4 members (excludes halogenated alkanes) is 10. The molecule has 0 aliphatic heterocycles. The molecule has 1 atom stereocenters. The van der Waals surface area contributed by atoms with E-state index in [1.807, 2.05) is 0 Å². The summed E-state index contributed by atoms with van der Waals surface area (Å²) in [5.74, 6) is 0.581. The molecule has 0 rings (SSSR count). The molecule has 1 nitrogen and oxygen atoms in total. The molecule has 0 radical (unpaired) electrons. The first-order chi connectivity index (χ1) is 9.35. The number of aliphatic hydroxyl groups excluding tert-OH is 1. The zero-order valence-electron chi connectivity index (χ0n) is 13.6.